The summed E-state index contributed by atoms with van der Waals surface area (Å²) in [7, 11) is 2.08. The van der Waals surface area contributed by atoms with E-state index >= 15 is 0 Å². The fourth-order valence-corrected chi connectivity index (χ4v) is 5.35. The number of carbonyl (C=O) groups is 2. The third-order valence-corrected chi connectivity index (χ3v) is 7.46. The van der Waals surface area contributed by atoms with E-state index in [1.807, 2.05) is 28.5 Å². The maximum absolute atomic E-state index is 12.7. The number of piperidine rings is 1. The molecule has 3 heterocycles. The second-order valence-electron chi connectivity index (χ2n) is 8.50. The van der Waals surface area contributed by atoms with Gasteiger partial charge in [-0.05, 0) is 45.5 Å². The van der Waals surface area contributed by atoms with Gasteiger partial charge in [-0.1, -0.05) is 30.3 Å². The van der Waals surface area contributed by atoms with E-state index in [2.05, 4.69) is 34.0 Å². The number of likely N-dealkylation sites (tertiary alicyclic amines) is 1. The number of piperazine rings is 1. The standard InChI is InChI=1S/C23H30N4O2S/c1-18(28)23(19-6-4-3-5-7-19)8-10-26(11-9-23)16-21-24-20(17-30-21)22(29)27-14-12-25(2)13-15-27/h3-7,17H,8-16H2,1-2H3. The number of thiazole rings is 1. The summed E-state index contributed by atoms with van der Waals surface area (Å²) in [6.45, 7) is 7.53. The first kappa shape index (κ1) is 21.2. The van der Waals surface area contributed by atoms with E-state index in [0.29, 0.717) is 5.69 Å². The number of benzene rings is 1. The Morgan fingerprint density at radius 1 is 1.03 bits per heavy atom. The van der Waals surface area contributed by atoms with Crippen molar-refractivity contribution in [2.45, 2.75) is 31.7 Å². The van der Waals surface area contributed by atoms with Crippen LogP contribution >= 0.6 is 11.3 Å². The van der Waals surface area contributed by atoms with Gasteiger partial charge in [0.05, 0.1) is 12.0 Å². The number of ketones is 1. The van der Waals surface area contributed by atoms with Crippen molar-refractivity contribution in [3.63, 3.8) is 0 Å². The summed E-state index contributed by atoms with van der Waals surface area (Å²) in [5, 5.41) is 2.87. The van der Waals surface area contributed by atoms with Gasteiger partial charge in [-0.15, -0.1) is 11.3 Å². The molecule has 0 spiro atoms. The lowest BCUT2D eigenvalue weighted by molar-refractivity contribution is -0.124. The number of Topliss-reactive ketones (excluding diaryl/α,β-unsaturated/α-hetero) is 1. The second kappa shape index (κ2) is 8.96. The number of carbonyl (C=O) groups excluding carboxylic acids is 2. The van der Waals surface area contributed by atoms with Crippen molar-refractivity contribution in [2.75, 3.05) is 46.3 Å². The van der Waals surface area contributed by atoms with E-state index in [1.54, 1.807) is 18.3 Å². The highest BCUT2D eigenvalue weighted by Crippen LogP contribution is 2.37. The minimum atomic E-state index is -0.372. The van der Waals surface area contributed by atoms with Gasteiger partial charge in [-0.25, -0.2) is 4.98 Å². The van der Waals surface area contributed by atoms with Gasteiger partial charge in [0.2, 0.25) is 0 Å². The number of hydrogen-bond acceptors (Lipinski definition) is 6. The minimum Gasteiger partial charge on any atom is -0.335 e. The molecule has 1 aromatic carbocycles. The van der Waals surface area contributed by atoms with Gasteiger partial charge >= 0.3 is 0 Å². The van der Waals surface area contributed by atoms with Crippen molar-refractivity contribution in [3.8, 4) is 0 Å². The number of rotatable bonds is 5. The highest BCUT2D eigenvalue weighted by atomic mass is 32.1. The molecule has 30 heavy (non-hydrogen) atoms. The Labute approximate surface area is 182 Å². The Morgan fingerprint density at radius 2 is 1.70 bits per heavy atom. The van der Waals surface area contributed by atoms with E-state index in [1.165, 1.54) is 0 Å². The lowest BCUT2D eigenvalue weighted by Gasteiger charge is -2.40. The van der Waals surface area contributed by atoms with E-state index < -0.39 is 0 Å². The van der Waals surface area contributed by atoms with Gasteiger partial charge in [0.25, 0.3) is 5.91 Å². The molecule has 7 heteroatoms. The van der Waals surface area contributed by atoms with Crippen molar-refractivity contribution >= 4 is 23.0 Å². The predicted molar refractivity (Wildman–Crippen MR) is 119 cm³/mol. The molecule has 0 unspecified atom stereocenters. The average molecular weight is 427 g/mol. The zero-order chi connectivity index (χ0) is 21.1. The van der Waals surface area contributed by atoms with E-state index in [4.69, 9.17) is 0 Å². The van der Waals surface area contributed by atoms with Crippen molar-refractivity contribution < 1.29 is 9.59 Å². The number of amides is 1. The monoisotopic (exact) mass is 426 g/mol. The number of hydrogen-bond donors (Lipinski definition) is 0. The zero-order valence-corrected chi connectivity index (χ0v) is 18.7. The maximum atomic E-state index is 12.7. The fourth-order valence-electron chi connectivity index (χ4n) is 4.54. The third kappa shape index (κ3) is 4.33. The van der Waals surface area contributed by atoms with Gasteiger partial charge in [-0.2, -0.15) is 0 Å². The first-order valence-electron chi connectivity index (χ1n) is 10.7. The molecule has 0 saturated carbocycles. The van der Waals surface area contributed by atoms with Crippen LogP contribution in [-0.2, 0) is 16.8 Å². The number of aromatic nitrogens is 1. The first-order chi connectivity index (χ1) is 14.5. The fraction of sp³-hybridized carbons (Fsp3) is 0.522. The molecular weight excluding hydrogens is 396 g/mol. The summed E-state index contributed by atoms with van der Waals surface area (Å²) in [4.78, 5) is 36.4. The summed E-state index contributed by atoms with van der Waals surface area (Å²) in [6.07, 6.45) is 1.65. The molecule has 0 bridgehead atoms. The number of likely N-dealkylation sites (N-methyl/N-ethyl adjacent to an activating group) is 1. The normalized spacial score (nSPS) is 20.3. The summed E-state index contributed by atoms with van der Waals surface area (Å²) in [5.41, 5.74) is 1.33. The molecule has 6 nitrogen and oxygen atoms in total. The van der Waals surface area contributed by atoms with Crippen molar-refractivity contribution in [1.29, 1.82) is 0 Å². The largest absolute Gasteiger partial charge is 0.335 e. The minimum absolute atomic E-state index is 0.0453. The molecule has 0 atom stereocenters. The van der Waals surface area contributed by atoms with Crippen LogP contribution in [0.25, 0.3) is 0 Å². The molecule has 1 amide bonds. The van der Waals surface area contributed by atoms with Crippen LogP contribution < -0.4 is 0 Å². The molecule has 4 rings (SSSR count). The summed E-state index contributed by atoms with van der Waals surface area (Å²) in [6, 6.07) is 10.2. The molecule has 2 aliphatic rings. The van der Waals surface area contributed by atoms with E-state index in [9.17, 15) is 9.59 Å². The van der Waals surface area contributed by atoms with Crippen LogP contribution in [0.2, 0.25) is 0 Å². The highest BCUT2D eigenvalue weighted by molar-refractivity contribution is 7.09. The van der Waals surface area contributed by atoms with Gasteiger partial charge < -0.3 is 9.80 Å². The van der Waals surface area contributed by atoms with Gasteiger partial charge in [0, 0.05) is 31.6 Å². The van der Waals surface area contributed by atoms with E-state index in [0.717, 1.165) is 69.2 Å². The first-order valence-corrected chi connectivity index (χ1v) is 11.6. The molecule has 2 saturated heterocycles. The molecule has 2 fully saturated rings. The topological polar surface area (TPSA) is 56.8 Å². The molecule has 0 radical (unpaired) electrons. The lowest BCUT2D eigenvalue weighted by Crippen LogP contribution is -2.47. The van der Waals surface area contributed by atoms with Crippen LogP contribution in [0.3, 0.4) is 0 Å². The molecule has 2 aromatic rings. The molecule has 2 aliphatic heterocycles. The highest BCUT2D eigenvalue weighted by Gasteiger charge is 2.40. The van der Waals surface area contributed by atoms with Crippen molar-refractivity contribution in [2.24, 2.45) is 0 Å². The number of nitrogens with zero attached hydrogens (tertiary/aromatic N) is 4. The van der Waals surface area contributed by atoms with Crippen molar-refractivity contribution in [1.82, 2.24) is 19.7 Å². The lowest BCUT2D eigenvalue weighted by atomic mass is 9.70. The van der Waals surface area contributed by atoms with Crippen LogP contribution in [0.4, 0.5) is 0 Å². The SMILES string of the molecule is CC(=O)C1(c2ccccc2)CCN(Cc2nc(C(=O)N3CCN(C)CC3)cs2)CC1. The zero-order valence-electron chi connectivity index (χ0n) is 17.8. The van der Waals surface area contributed by atoms with Crippen LogP contribution in [0.5, 0.6) is 0 Å². The van der Waals surface area contributed by atoms with Crippen LogP contribution in [0, 0.1) is 0 Å². The van der Waals surface area contributed by atoms with Crippen LogP contribution in [0.1, 0.15) is 40.8 Å². The molecular formula is C23H30N4O2S. The van der Waals surface area contributed by atoms with Crippen LogP contribution in [-0.4, -0.2) is 77.7 Å². The summed E-state index contributed by atoms with van der Waals surface area (Å²) < 4.78 is 0. The Kier molecular flexibility index (Phi) is 6.32. The Morgan fingerprint density at radius 3 is 2.33 bits per heavy atom. The summed E-state index contributed by atoms with van der Waals surface area (Å²) in [5.74, 6) is 0.298. The summed E-state index contributed by atoms with van der Waals surface area (Å²) >= 11 is 1.56. The van der Waals surface area contributed by atoms with Crippen LogP contribution in [0.15, 0.2) is 35.7 Å². The third-order valence-electron chi connectivity index (χ3n) is 6.63. The quantitative estimate of drug-likeness (QED) is 0.736. The van der Waals surface area contributed by atoms with Gasteiger partial charge in [-0.3, -0.25) is 14.5 Å². The van der Waals surface area contributed by atoms with Gasteiger partial charge in [0.1, 0.15) is 16.5 Å². The molecule has 0 aliphatic carbocycles. The Bertz CT molecular complexity index is 882. The average Bonchev–Trinajstić information content (AvgIpc) is 3.23. The molecule has 0 N–H and O–H groups in total. The second-order valence-corrected chi connectivity index (χ2v) is 9.45. The van der Waals surface area contributed by atoms with Crippen molar-refractivity contribution in [3.05, 3.63) is 52.0 Å². The maximum Gasteiger partial charge on any atom is 0.273 e. The van der Waals surface area contributed by atoms with Gasteiger partial charge in [0.15, 0.2) is 0 Å². The Balaban J connectivity index is 1.37. The Hall–Kier alpha value is -2.09. The predicted octanol–water partition coefficient (Wildman–Crippen LogP) is 2.65. The smallest absolute Gasteiger partial charge is 0.273 e. The van der Waals surface area contributed by atoms with E-state index in [-0.39, 0.29) is 17.1 Å². The molecule has 1 aromatic heterocycles. The molecule has 160 valence electrons.